The summed E-state index contributed by atoms with van der Waals surface area (Å²) in [5.41, 5.74) is 0. The molecule has 0 aromatic rings. The van der Waals surface area contributed by atoms with Crippen LogP contribution in [0.15, 0.2) is 12.7 Å². The molecule has 83 valence electrons. The fourth-order valence-electron chi connectivity index (χ4n) is 1.47. The zero-order valence-electron chi connectivity index (χ0n) is 9.34. The minimum absolute atomic E-state index is 0.167. The van der Waals surface area contributed by atoms with Crippen LogP contribution in [0.1, 0.15) is 32.6 Å². The highest BCUT2D eigenvalue weighted by Gasteiger charge is 2.14. The number of hydrogen-bond acceptors (Lipinski definition) is 1. The Morgan fingerprint density at radius 1 is 1.50 bits per heavy atom. The number of hydrogen-bond donors (Lipinski definition) is 0. The van der Waals surface area contributed by atoms with Crippen molar-refractivity contribution >= 4 is 9.04 Å². The molecule has 1 atom stereocenters. The Bertz CT molecular complexity index is 122. The van der Waals surface area contributed by atoms with Gasteiger partial charge in [-0.05, 0) is 18.5 Å². The highest BCUT2D eigenvalue weighted by Crippen LogP contribution is 2.15. The summed E-state index contributed by atoms with van der Waals surface area (Å²) < 4.78 is 5.72. The van der Waals surface area contributed by atoms with Gasteiger partial charge in [-0.1, -0.05) is 32.3 Å². The summed E-state index contributed by atoms with van der Waals surface area (Å²) in [6, 6.07) is 2.87. The zero-order chi connectivity index (χ0) is 10.6. The molecule has 0 N–H and O–H groups in total. The first kappa shape index (κ1) is 13.9. The number of rotatable bonds is 4. The third-order valence-corrected chi connectivity index (χ3v) is 5.08. The van der Waals surface area contributed by atoms with E-state index in [2.05, 4.69) is 13.5 Å². The second-order valence-electron chi connectivity index (χ2n) is 3.59. The lowest BCUT2D eigenvalue weighted by Gasteiger charge is -2.20. The predicted octanol–water partition coefficient (Wildman–Crippen LogP) is 2.92. The highest BCUT2D eigenvalue weighted by molar-refractivity contribution is 6.51. The van der Waals surface area contributed by atoms with Gasteiger partial charge in [0, 0.05) is 6.61 Å². The first-order valence-corrected chi connectivity index (χ1v) is 7.76. The van der Waals surface area contributed by atoms with Crippen LogP contribution in [0.2, 0.25) is 12.1 Å². The molecule has 0 amide bonds. The molecule has 1 radical (unpaired) electrons. The van der Waals surface area contributed by atoms with Gasteiger partial charge in [0.1, 0.15) is 6.61 Å². The first-order chi connectivity index (χ1) is 6.85. The summed E-state index contributed by atoms with van der Waals surface area (Å²) in [6.07, 6.45) is 6.82. The molecule has 1 aliphatic rings. The maximum absolute atomic E-state index is 9.18. The fraction of sp³-hybridized carbons (Fsp3) is 0.818. The van der Waals surface area contributed by atoms with Gasteiger partial charge in [-0.25, -0.2) is 5.11 Å². The molecule has 1 heterocycles. The van der Waals surface area contributed by atoms with Crippen LogP contribution in [0.25, 0.3) is 0 Å². The van der Waals surface area contributed by atoms with Gasteiger partial charge in [0.15, 0.2) is 9.04 Å². The first-order valence-electron chi connectivity index (χ1n) is 5.65. The van der Waals surface area contributed by atoms with Crippen LogP contribution in [0.4, 0.5) is 0 Å². The van der Waals surface area contributed by atoms with E-state index in [0.717, 1.165) is 6.61 Å². The topological polar surface area (TPSA) is 29.1 Å². The smallest absolute Gasteiger partial charge is 0.176 e. The summed E-state index contributed by atoms with van der Waals surface area (Å²) >= 11 is 0. The van der Waals surface area contributed by atoms with E-state index in [9.17, 15) is 5.11 Å². The molecule has 3 heteroatoms. The van der Waals surface area contributed by atoms with Crippen LogP contribution in [-0.4, -0.2) is 22.3 Å². The highest BCUT2D eigenvalue weighted by atomic mass is 28.3. The normalized spacial score (nSPS) is 20.9. The zero-order valence-corrected chi connectivity index (χ0v) is 10.5. The van der Waals surface area contributed by atoms with E-state index < -0.39 is 9.04 Å². The third kappa shape index (κ3) is 8.47. The van der Waals surface area contributed by atoms with Crippen molar-refractivity contribution in [3.05, 3.63) is 12.7 Å². The van der Waals surface area contributed by atoms with Crippen molar-refractivity contribution in [2.75, 3.05) is 13.2 Å². The lowest BCUT2D eigenvalue weighted by Crippen LogP contribution is -2.22. The van der Waals surface area contributed by atoms with Crippen LogP contribution in [-0.2, 0) is 9.53 Å². The van der Waals surface area contributed by atoms with Crippen LogP contribution in [0.5, 0.6) is 0 Å². The van der Waals surface area contributed by atoms with Crippen LogP contribution >= 0.6 is 0 Å². The summed E-state index contributed by atoms with van der Waals surface area (Å²) in [5, 5.41) is 9.18. The molecule has 1 unspecified atom stereocenters. The van der Waals surface area contributed by atoms with E-state index in [1.165, 1.54) is 43.8 Å². The Morgan fingerprint density at radius 3 is 2.64 bits per heavy atom. The minimum Gasteiger partial charge on any atom is -0.420 e. The molecule has 0 aromatic carbocycles. The summed E-state index contributed by atoms with van der Waals surface area (Å²) in [4.78, 5) is 0. The Morgan fingerprint density at radius 2 is 2.21 bits per heavy atom. The molecule has 1 fully saturated rings. The molecule has 1 rings (SSSR count). The molecule has 0 aromatic heterocycles. The lowest BCUT2D eigenvalue weighted by atomic mass is 10.4. The Balaban J connectivity index is 0.000000364. The Labute approximate surface area is 89.7 Å². The third-order valence-electron chi connectivity index (χ3n) is 2.27. The maximum Gasteiger partial charge on any atom is 0.176 e. The van der Waals surface area contributed by atoms with Crippen molar-refractivity contribution in [3.63, 3.8) is 0 Å². The second-order valence-corrected chi connectivity index (χ2v) is 6.32. The van der Waals surface area contributed by atoms with Crippen molar-refractivity contribution in [3.8, 4) is 0 Å². The predicted molar refractivity (Wildman–Crippen MR) is 62.6 cm³/mol. The second kappa shape index (κ2) is 11.0. The van der Waals surface area contributed by atoms with E-state index in [0.29, 0.717) is 0 Å². The van der Waals surface area contributed by atoms with E-state index >= 15 is 0 Å². The van der Waals surface area contributed by atoms with Crippen LogP contribution in [0.3, 0.4) is 0 Å². The van der Waals surface area contributed by atoms with Gasteiger partial charge in [0.05, 0.1) is 0 Å². The molecule has 2 nitrogen and oxygen atoms in total. The molecule has 0 spiro atoms. The molecule has 14 heavy (non-hydrogen) atoms. The molecule has 0 bridgehead atoms. The minimum atomic E-state index is -0.644. The van der Waals surface area contributed by atoms with E-state index in [4.69, 9.17) is 4.43 Å². The van der Waals surface area contributed by atoms with E-state index in [1.807, 2.05) is 0 Å². The quantitative estimate of drug-likeness (QED) is 0.523. The standard InChI is InChI=1S/C8H18OSi.C3H5O/c1-2-3-7-10-8-5-4-6-9-10;1-2-3-4/h10H,2-8H2,1H3;2H,1,3H2. The maximum atomic E-state index is 9.18. The van der Waals surface area contributed by atoms with Crippen LogP contribution < -0.4 is 0 Å². The lowest BCUT2D eigenvalue weighted by molar-refractivity contribution is 0.232. The van der Waals surface area contributed by atoms with Gasteiger partial charge in [-0.3, -0.25) is 0 Å². The van der Waals surface area contributed by atoms with Gasteiger partial charge in [0.25, 0.3) is 0 Å². The summed E-state index contributed by atoms with van der Waals surface area (Å²) in [7, 11) is -0.644. The van der Waals surface area contributed by atoms with E-state index in [1.54, 1.807) is 0 Å². The van der Waals surface area contributed by atoms with Gasteiger partial charge in [-0.15, -0.1) is 6.58 Å². The summed E-state index contributed by atoms with van der Waals surface area (Å²) in [5.74, 6) is 0. The fourth-order valence-corrected chi connectivity index (χ4v) is 4.20. The molecule has 0 aliphatic carbocycles. The largest absolute Gasteiger partial charge is 0.420 e. The Hall–Kier alpha value is -0.123. The van der Waals surface area contributed by atoms with Crippen molar-refractivity contribution in [2.24, 2.45) is 0 Å². The van der Waals surface area contributed by atoms with Gasteiger partial charge < -0.3 is 4.43 Å². The number of unbranched alkanes of at least 4 members (excludes halogenated alkanes) is 1. The van der Waals surface area contributed by atoms with Crippen LogP contribution in [0, 0.1) is 0 Å². The van der Waals surface area contributed by atoms with Gasteiger partial charge in [0.2, 0.25) is 0 Å². The van der Waals surface area contributed by atoms with E-state index in [-0.39, 0.29) is 6.61 Å². The van der Waals surface area contributed by atoms with Crippen molar-refractivity contribution in [2.45, 2.75) is 44.7 Å². The monoisotopic (exact) mass is 215 g/mol. The van der Waals surface area contributed by atoms with Crippen molar-refractivity contribution < 1.29 is 9.53 Å². The molecule has 1 saturated heterocycles. The molecule has 1 aliphatic heterocycles. The molecule has 0 saturated carbocycles. The average molecular weight is 215 g/mol. The van der Waals surface area contributed by atoms with Crippen molar-refractivity contribution in [1.29, 1.82) is 0 Å². The molecular formula is C11H23O2Si. The molecular weight excluding hydrogens is 192 g/mol. The van der Waals surface area contributed by atoms with Gasteiger partial charge in [-0.2, -0.15) is 0 Å². The van der Waals surface area contributed by atoms with Crippen molar-refractivity contribution in [1.82, 2.24) is 0 Å². The summed E-state index contributed by atoms with van der Waals surface area (Å²) in [6.45, 7) is 6.33. The SMILES string of the molecule is C=CC[O].CCCC[SiH]1CCCCO1. The van der Waals surface area contributed by atoms with Gasteiger partial charge >= 0.3 is 0 Å². The Kier molecular flexibility index (Phi) is 10.9. The average Bonchev–Trinajstić information content (AvgIpc) is 2.28.